The van der Waals surface area contributed by atoms with Crippen molar-refractivity contribution in [2.75, 3.05) is 32.1 Å². The lowest BCUT2D eigenvalue weighted by atomic mass is 10.2. The van der Waals surface area contributed by atoms with Gasteiger partial charge in [0.1, 0.15) is 22.3 Å². The molecular weight excluding hydrogens is 486 g/mol. The number of nitrogens with one attached hydrogen (secondary N) is 1. The van der Waals surface area contributed by atoms with Crippen LogP contribution in [0.4, 0.5) is 0 Å². The molecule has 0 amide bonds. The van der Waals surface area contributed by atoms with E-state index in [0.29, 0.717) is 46.8 Å². The second-order valence-corrected chi connectivity index (χ2v) is 11.3. The largest absolute Gasteiger partial charge is 0.492 e. The van der Waals surface area contributed by atoms with E-state index in [0.717, 1.165) is 21.2 Å². The van der Waals surface area contributed by atoms with E-state index in [4.69, 9.17) is 26.2 Å². The van der Waals surface area contributed by atoms with Crippen LogP contribution in [-0.4, -0.2) is 51.5 Å². The van der Waals surface area contributed by atoms with E-state index in [1.54, 1.807) is 30.3 Å². The molecular formula is C23H26ClNO6S2. The molecule has 178 valence electrons. The minimum absolute atomic E-state index is 0.0687. The van der Waals surface area contributed by atoms with Gasteiger partial charge in [0.2, 0.25) is 0 Å². The first-order chi connectivity index (χ1) is 15.7. The van der Waals surface area contributed by atoms with Gasteiger partial charge in [-0.15, -0.1) is 11.3 Å². The lowest BCUT2D eigenvalue weighted by Gasteiger charge is -2.11. The van der Waals surface area contributed by atoms with Crippen LogP contribution < -0.4 is 14.8 Å². The lowest BCUT2D eigenvalue weighted by molar-refractivity contribution is -0.139. The Morgan fingerprint density at radius 3 is 2.64 bits per heavy atom. The first-order valence-electron chi connectivity index (χ1n) is 10.4. The summed E-state index contributed by atoms with van der Waals surface area (Å²) in [6, 6.07) is 10.6. The van der Waals surface area contributed by atoms with Gasteiger partial charge in [0.05, 0.1) is 5.75 Å². The zero-order chi connectivity index (χ0) is 24.0. The molecule has 0 bridgehead atoms. The normalized spacial score (nSPS) is 11.6. The van der Waals surface area contributed by atoms with Gasteiger partial charge >= 0.3 is 5.97 Å². The minimum Gasteiger partial charge on any atom is -0.492 e. The quantitative estimate of drug-likeness (QED) is 0.346. The second kappa shape index (κ2) is 11.2. The SMILES string of the molecule is Cc1cc(OCCNCCCS(=O)(=O)c2sc3ccc(Cl)cc3c2C)ccc1OCC(=O)O. The molecule has 0 aliphatic heterocycles. The summed E-state index contributed by atoms with van der Waals surface area (Å²) in [7, 11) is -3.36. The van der Waals surface area contributed by atoms with Gasteiger partial charge < -0.3 is 19.9 Å². The van der Waals surface area contributed by atoms with Crippen LogP contribution in [0.2, 0.25) is 5.02 Å². The Hall–Kier alpha value is -2.33. The van der Waals surface area contributed by atoms with Crippen LogP contribution in [0, 0.1) is 13.8 Å². The Morgan fingerprint density at radius 1 is 1.12 bits per heavy atom. The minimum atomic E-state index is -3.36. The van der Waals surface area contributed by atoms with Crippen molar-refractivity contribution < 1.29 is 27.8 Å². The average Bonchev–Trinajstić information content (AvgIpc) is 3.09. The molecule has 0 unspecified atom stereocenters. The van der Waals surface area contributed by atoms with Crippen molar-refractivity contribution in [3.05, 3.63) is 52.5 Å². The standard InChI is InChI=1S/C23H26ClNO6S2/c1-15-12-18(5-6-20(15)31-14-22(26)27)30-10-9-25-8-3-11-33(28,29)23-16(2)19-13-17(24)4-7-21(19)32-23/h4-7,12-13,25H,3,8-11,14H2,1-2H3,(H,26,27). The Balaban J connectivity index is 1.41. The van der Waals surface area contributed by atoms with Crippen molar-refractivity contribution in [2.24, 2.45) is 0 Å². The van der Waals surface area contributed by atoms with Crippen molar-refractivity contribution in [3.63, 3.8) is 0 Å². The van der Waals surface area contributed by atoms with Gasteiger partial charge in [0.25, 0.3) is 0 Å². The molecule has 33 heavy (non-hydrogen) atoms. The molecule has 1 aromatic heterocycles. The van der Waals surface area contributed by atoms with Gasteiger partial charge in [-0.25, -0.2) is 13.2 Å². The van der Waals surface area contributed by atoms with Crippen LogP contribution in [0.5, 0.6) is 11.5 Å². The molecule has 0 aliphatic rings. The molecule has 2 aromatic carbocycles. The van der Waals surface area contributed by atoms with Gasteiger partial charge in [0, 0.05) is 16.3 Å². The third-order valence-corrected chi connectivity index (χ3v) is 8.96. The third kappa shape index (κ3) is 6.83. The molecule has 3 aromatic rings. The van der Waals surface area contributed by atoms with Crippen molar-refractivity contribution in [1.29, 1.82) is 0 Å². The third-order valence-electron chi connectivity index (χ3n) is 4.95. The number of rotatable bonds is 12. The molecule has 0 atom stereocenters. The van der Waals surface area contributed by atoms with E-state index in [9.17, 15) is 13.2 Å². The zero-order valence-corrected chi connectivity index (χ0v) is 20.8. The number of thiophene rings is 1. The van der Waals surface area contributed by atoms with Crippen LogP contribution in [0.25, 0.3) is 10.1 Å². The Morgan fingerprint density at radius 2 is 1.91 bits per heavy atom. The number of aryl methyl sites for hydroxylation is 2. The Bertz CT molecular complexity index is 1240. The summed E-state index contributed by atoms with van der Waals surface area (Å²) in [6.45, 7) is 4.78. The number of sulfone groups is 1. The highest BCUT2D eigenvalue weighted by molar-refractivity contribution is 7.93. The summed E-state index contributed by atoms with van der Waals surface area (Å²) < 4.78 is 37.8. The predicted octanol–water partition coefficient (Wildman–Crippen LogP) is 4.47. The summed E-state index contributed by atoms with van der Waals surface area (Å²) in [5.74, 6) is 0.192. The highest BCUT2D eigenvalue weighted by atomic mass is 35.5. The number of halogens is 1. The van der Waals surface area contributed by atoms with Crippen molar-refractivity contribution >= 4 is 48.8 Å². The number of aliphatic carboxylic acids is 1. The summed E-state index contributed by atoms with van der Waals surface area (Å²) in [5, 5.41) is 13.4. The summed E-state index contributed by atoms with van der Waals surface area (Å²) in [4.78, 5) is 10.6. The molecule has 0 saturated heterocycles. The number of carbonyl (C=O) groups is 1. The molecule has 0 spiro atoms. The number of carboxylic acid groups (broad SMARTS) is 1. The molecule has 0 aliphatic carbocycles. The van der Waals surface area contributed by atoms with Crippen molar-refractivity contribution in [1.82, 2.24) is 5.32 Å². The van der Waals surface area contributed by atoms with Gasteiger partial charge in [-0.05, 0) is 79.7 Å². The summed E-state index contributed by atoms with van der Waals surface area (Å²) >= 11 is 7.34. The van der Waals surface area contributed by atoms with Crippen molar-refractivity contribution in [3.8, 4) is 11.5 Å². The van der Waals surface area contributed by atoms with Crippen molar-refractivity contribution in [2.45, 2.75) is 24.5 Å². The summed E-state index contributed by atoms with van der Waals surface area (Å²) in [6.07, 6.45) is 0.492. The van der Waals surface area contributed by atoms with Crippen LogP contribution in [-0.2, 0) is 14.6 Å². The van der Waals surface area contributed by atoms with Crippen LogP contribution in [0.1, 0.15) is 17.5 Å². The van der Waals surface area contributed by atoms with Crippen LogP contribution in [0.3, 0.4) is 0 Å². The second-order valence-electron chi connectivity index (χ2n) is 7.54. The van der Waals surface area contributed by atoms with Crippen LogP contribution in [0.15, 0.2) is 40.6 Å². The maximum atomic E-state index is 12.8. The fourth-order valence-corrected chi connectivity index (χ4v) is 6.73. The lowest BCUT2D eigenvalue weighted by Crippen LogP contribution is -2.23. The molecule has 2 N–H and O–H groups in total. The first-order valence-corrected chi connectivity index (χ1v) is 13.2. The predicted molar refractivity (Wildman–Crippen MR) is 131 cm³/mol. The number of hydrogen-bond donors (Lipinski definition) is 2. The molecule has 0 fully saturated rings. The fourth-order valence-electron chi connectivity index (χ4n) is 3.33. The van der Waals surface area contributed by atoms with E-state index in [1.165, 1.54) is 11.3 Å². The summed E-state index contributed by atoms with van der Waals surface area (Å²) in [5.41, 5.74) is 1.54. The number of hydrogen-bond acceptors (Lipinski definition) is 7. The van der Waals surface area contributed by atoms with E-state index in [1.807, 2.05) is 19.9 Å². The molecule has 0 radical (unpaired) electrons. The van der Waals surface area contributed by atoms with E-state index in [-0.39, 0.29) is 5.75 Å². The molecule has 10 heteroatoms. The van der Waals surface area contributed by atoms with Gasteiger partial charge in [-0.1, -0.05) is 11.6 Å². The van der Waals surface area contributed by atoms with E-state index in [2.05, 4.69) is 5.32 Å². The Kier molecular flexibility index (Phi) is 8.58. The number of carboxylic acids is 1. The van der Waals surface area contributed by atoms with E-state index < -0.39 is 22.4 Å². The average molecular weight is 512 g/mol. The zero-order valence-electron chi connectivity index (χ0n) is 18.4. The molecule has 0 saturated carbocycles. The highest BCUT2D eigenvalue weighted by Crippen LogP contribution is 2.36. The monoisotopic (exact) mass is 511 g/mol. The van der Waals surface area contributed by atoms with Gasteiger partial charge in [-0.2, -0.15) is 0 Å². The van der Waals surface area contributed by atoms with Gasteiger partial charge in [0.15, 0.2) is 16.4 Å². The maximum absolute atomic E-state index is 12.8. The molecule has 7 nitrogen and oxygen atoms in total. The Labute approximate surface area is 202 Å². The van der Waals surface area contributed by atoms with Crippen LogP contribution >= 0.6 is 22.9 Å². The maximum Gasteiger partial charge on any atom is 0.341 e. The molecule has 3 rings (SSSR count). The number of benzene rings is 2. The van der Waals surface area contributed by atoms with E-state index >= 15 is 0 Å². The fraction of sp³-hybridized carbons (Fsp3) is 0.348. The van der Waals surface area contributed by atoms with Gasteiger partial charge in [-0.3, -0.25) is 0 Å². The topological polar surface area (TPSA) is 102 Å². The number of ether oxygens (including phenoxy) is 2. The molecule has 1 heterocycles. The number of fused-ring (bicyclic) bond motifs is 1. The smallest absolute Gasteiger partial charge is 0.341 e. The first kappa shape index (κ1) is 25.3. The highest BCUT2D eigenvalue weighted by Gasteiger charge is 2.21.